The number of fused-ring (bicyclic) bond motifs is 4. The number of aryl methyl sites for hydroxylation is 2. The number of hydrogen-bond acceptors (Lipinski definition) is 5. The van der Waals surface area contributed by atoms with Crippen LogP contribution < -0.4 is 0 Å². The minimum Gasteiger partial charge on any atom is -0.207 e. The molecule has 0 saturated carbocycles. The van der Waals surface area contributed by atoms with Crippen LogP contribution in [0.15, 0.2) is 18.2 Å². The topological polar surface area (TPSA) is 25.8 Å². The number of halogens is 1. The molecular weight excluding hydrogens is 732 g/mol. The maximum absolute atomic E-state index is 15.3. The zero-order valence-corrected chi connectivity index (χ0v) is 37.9. The Morgan fingerprint density at radius 1 is 0.491 bits per heavy atom. The Balaban J connectivity index is 1.17. The van der Waals surface area contributed by atoms with Gasteiger partial charge in [0.15, 0.2) is 0 Å². The van der Waals surface area contributed by atoms with Gasteiger partial charge >= 0.3 is 0 Å². The third-order valence-electron chi connectivity index (χ3n) is 12.7. The maximum atomic E-state index is 15.3. The van der Waals surface area contributed by atoms with E-state index >= 15 is 4.39 Å². The predicted molar refractivity (Wildman–Crippen MR) is 244 cm³/mol. The smallest absolute Gasteiger partial charge is 0.129 e. The van der Waals surface area contributed by atoms with Gasteiger partial charge in [0, 0.05) is 36.1 Å². The van der Waals surface area contributed by atoms with Crippen LogP contribution in [0.3, 0.4) is 0 Å². The molecule has 3 aromatic heterocycles. The van der Waals surface area contributed by atoms with Gasteiger partial charge in [0.2, 0.25) is 0 Å². The van der Waals surface area contributed by atoms with E-state index in [-0.39, 0.29) is 11.2 Å². The Morgan fingerprint density at radius 3 is 1.36 bits per heavy atom. The molecule has 0 spiro atoms. The summed E-state index contributed by atoms with van der Waals surface area (Å²) in [6, 6.07) is 6.72. The molecule has 0 radical (unpaired) electrons. The highest BCUT2D eigenvalue weighted by molar-refractivity contribution is 7.24. The van der Waals surface area contributed by atoms with Gasteiger partial charge in [-0.05, 0) is 56.0 Å². The highest BCUT2D eigenvalue weighted by Crippen LogP contribution is 2.60. The Hall–Kier alpha value is -1.63. The number of aromatic nitrogens is 2. The van der Waals surface area contributed by atoms with Crippen LogP contribution in [0.5, 0.6) is 0 Å². The number of nitrogens with zero attached hydrogens (tertiary/aromatic N) is 2. The lowest BCUT2D eigenvalue weighted by molar-refractivity contribution is 0.397. The molecule has 306 valence electrons. The van der Waals surface area contributed by atoms with Crippen molar-refractivity contribution >= 4 is 45.4 Å². The van der Waals surface area contributed by atoms with Crippen molar-refractivity contribution in [3.8, 4) is 20.2 Å². The quantitative estimate of drug-likeness (QED) is 0.0474. The summed E-state index contributed by atoms with van der Waals surface area (Å²) in [7, 11) is 0. The molecule has 0 saturated heterocycles. The van der Waals surface area contributed by atoms with Crippen LogP contribution in [-0.4, -0.2) is 8.75 Å². The first-order chi connectivity index (χ1) is 27.0. The normalized spacial score (nSPS) is 13.3. The summed E-state index contributed by atoms with van der Waals surface area (Å²) in [5.41, 5.74) is 6.30. The molecule has 4 aromatic rings. The predicted octanol–water partition coefficient (Wildman–Crippen LogP) is 18.2. The van der Waals surface area contributed by atoms with E-state index in [1.165, 1.54) is 225 Å². The van der Waals surface area contributed by atoms with Crippen molar-refractivity contribution in [3.63, 3.8) is 0 Å². The van der Waals surface area contributed by atoms with E-state index in [4.69, 9.17) is 0 Å². The standard InChI is InChI=1S/C49H75FN2S3/c1-5-7-9-11-13-15-17-19-21-23-25-27-29-31-33-49(34-32-30-28-26-24-22-20-18-16-14-12-10-8-6-2)41-35-38(3)53-47(41)48-42(49)37-44(54-48)40-36-43(50)39(4)45-46(40)52-55-51-45/h35-37H,5-34H2,1-4H3. The fourth-order valence-electron chi connectivity index (χ4n) is 9.35. The van der Waals surface area contributed by atoms with Crippen molar-refractivity contribution in [3.05, 3.63) is 45.6 Å². The van der Waals surface area contributed by atoms with Crippen molar-refractivity contribution in [1.82, 2.24) is 8.75 Å². The lowest BCUT2D eigenvalue weighted by atomic mass is 9.71. The van der Waals surface area contributed by atoms with Crippen molar-refractivity contribution < 1.29 is 4.39 Å². The SMILES string of the molecule is CCCCCCCCCCCCCCCCC1(CCCCCCCCCCCCCCCC)c2cc(C)sc2-c2sc(-c3cc(F)c(C)c4nsnc34)cc21. The zero-order valence-electron chi connectivity index (χ0n) is 35.4. The molecule has 0 amide bonds. The van der Waals surface area contributed by atoms with Crippen LogP contribution in [-0.2, 0) is 5.41 Å². The molecule has 0 atom stereocenters. The summed E-state index contributed by atoms with van der Waals surface area (Å²) in [4.78, 5) is 5.50. The second-order valence-electron chi connectivity index (χ2n) is 17.2. The van der Waals surface area contributed by atoms with Gasteiger partial charge in [0.25, 0.3) is 0 Å². The molecule has 0 fully saturated rings. The van der Waals surface area contributed by atoms with E-state index in [9.17, 15) is 0 Å². The van der Waals surface area contributed by atoms with Crippen LogP contribution in [0, 0.1) is 19.7 Å². The number of hydrogen-bond donors (Lipinski definition) is 0. The molecule has 2 nitrogen and oxygen atoms in total. The second-order valence-corrected chi connectivity index (χ2v) is 20.1. The summed E-state index contributed by atoms with van der Waals surface area (Å²) in [6.45, 7) is 8.73. The molecule has 0 bridgehead atoms. The van der Waals surface area contributed by atoms with E-state index < -0.39 is 0 Å². The third-order valence-corrected chi connectivity index (χ3v) is 15.6. The van der Waals surface area contributed by atoms with Crippen molar-refractivity contribution in [2.75, 3.05) is 0 Å². The van der Waals surface area contributed by atoms with Gasteiger partial charge in [0.05, 0.1) is 11.7 Å². The molecule has 0 N–H and O–H groups in total. The molecule has 0 aliphatic heterocycles. The van der Waals surface area contributed by atoms with Crippen molar-refractivity contribution in [1.29, 1.82) is 0 Å². The third kappa shape index (κ3) is 12.7. The van der Waals surface area contributed by atoms with Crippen LogP contribution in [0.2, 0.25) is 0 Å². The fourth-order valence-corrected chi connectivity index (χ4v) is 12.5. The molecular formula is C49H75FN2S3. The molecule has 1 aliphatic carbocycles. The average molecular weight is 807 g/mol. The minimum absolute atomic E-state index is 0.0706. The Bertz CT molecular complexity index is 1630. The molecule has 1 aromatic carbocycles. The van der Waals surface area contributed by atoms with E-state index in [0.29, 0.717) is 5.56 Å². The monoisotopic (exact) mass is 807 g/mol. The van der Waals surface area contributed by atoms with Gasteiger partial charge in [-0.15, -0.1) is 22.7 Å². The van der Waals surface area contributed by atoms with E-state index in [1.54, 1.807) is 11.6 Å². The highest BCUT2D eigenvalue weighted by Gasteiger charge is 2.45. The number of unbranched alkanes of at least 4 members (excludes halogenated alkanes) is 26. The van der Waals surface area contributed by atoms with Gasteiger partial charge in [-0.3, -0.25) is 0 Å². The van der Waals surface area contributed by atoms with Crippen molar-refractivity contribution in [2.45, 2.75) is 226 Å². The molecule has 6 heteroatoms. The van der Waals surface area contributed by atoms with Crippen molar-refractivity contribution in [2.24, 2.45) is 0 Å². The molecule has 3 heterocycles. The van der Waals surface area contributed by atoms with Crippen LogP contribution in [0.25, 0.3) is 31.2 Å². The Morgan fingerprint density at radius 2 is 0.891 bits per heavy atom. The summed E-state index contributed by atoms with van der Waals surface area (Å²) < 4.78 is 24.4. The maximum Gasteiger partial charge on any atom is 0.129 e. The van der Waals surface area contributed by atoms with Gasteiger partial charge in [-0.25, -0.2) is 4.39 Å². The lowest BCUT2D eigenvalue weighted by Crippen LogP contribution is -2.25. The van der Waals surface area contributed by atoms with E-state index in [0.717, 1.165) is 21.5 Å². The van der Waals surface area contributed by atoms with E-state index in [2.05, 4.69) is 41.7 Å². The molecule has 55 heavy (non-hydrogen) atoms. The lowest BCUT2D eigenvalue weighted by Gasteiger charge is -2.31. The minimum atomic E-state index is -0.174. The van der Waals surface area contributed by atoms with Gasteiger partial charge < -0.3 is 0 Å². The first kappa shape index (κ1) is 44.5. The molecule has 0 unspecified atom stereocenters. The Labute approximate surface area is 348 Å². The molecule has 1 aliphatic rings. The zero-order chi connectivity index (χ0) is 38.7. The summed E-state index contributed by atoms with van der Waals surface area (Å²) in [5, 5.41) is 0. The summed E-state index contributed by atoms with van der Waals surface area (Å²) in [6.07, 6.45) is 41.5. The van der Waals surface area contributed by atoms with Crippen LogP contribution >= 0.6 is 34.4 Å². The number of thiophene rings is 2. The van der Waals surface area contributed by atoms with Gasteiger partial charge in [-0.2, -0.15) is 8.75 Å². The highest BCUT2D eigenvalue weighted by atomic mass is 32.1. The second kappa shape index (κ2) is 24.3. The number of rotatable bonds is 31. The first-order valence-electron chi connectivity index (χ1n) is 23.2. The first-order valence-corrected chi connectivity index (χ1v) is 25.5. The Kier molecular flexibility index (Phi) is 19.7. The largest absolute Gasteiger partial charge is 0.207 e. The summed E-state index contributed by atoms with van der Waals surface area (Å²) in [5.74, 6) is -0.174. The average Bonchev–Trinajstić information content (AvgIpc) is 3.98. The van der Waals surface area contributed by atoms with Gasteiger partial charge in [0.1, 0.15) is 16.9 Å². The van der Waals surface area contributed by atoms with E-state index in [1.807, 2.05) is 29.6 Å². The summed E-state index contributed by atoms with van der Waals surface area (Å²) >= 11 is 5.05. The fraction of sp³-hybridized carbons (Fsp3) is 0.714. The number of benzene rings is 1. The molecule has 5 rings (SSSR count). The van der Waals surface area contributed by atoms with Crippen LogP contribution in [0.1, 0.15) is 228 Å². The van der Waals surface area contributed by atoms with Gasteiger partial charge in [-0.1, -0.05) is 194 Å². The van der Waals surface area contributed by atoms with Crippen LogP contribution in [0.4, 0.5) is 4.39 Å².